The van der Waals surface area contributed by atoms with Gasteiger partial charge in [-0.15, -0.1) is 6.42 Å². The Morgan fingerprint density at radius 1 is 1.42 bits per heavy atom. The third-order valence-corrected chi connectivity index (χ3v) is 2.90. The van der Waals surface area contributed by atoms with Crippen LogP contribution in [0.25, 0.3) is 0 Å². The number of anilines is 2. The van der Waals surface area contributed by atoms with Gasteiger partial charge >= 0.3 is 5.97 Å². The minimum atomic E-state index is -0.392. The van der Waals surface area contributed by atoms with Crippen molar-refractivity contribution in [3.05, 3.63) is 23.8 Å². The number of nitrogens with one attached hydrogen (secondary N) is 1. The fourth-order valence-electron chi connectivity index (χ4n) is 1.88. The topological polar surface area (TPSA) is 41.6 Å². The summed E-state index contributed by atoms with van der Waals surface area (Å²) in [4.78, 5) is 14.2. The lowest BCUT2D eigenvalue weighted by Gasteiger charge is -2.23. The number of hydrogen-bond acceptors (Lipinski definition) is 4. The van der Waals surface area contributed by atoms with Crippen molar-refractivity contribution in [2.75, 3.05) is 37.0 Å². The van der Waals surface area contributed by atoms with Crippen molar-refractivity contribution in [3.63, 3.8) is 0 Å². The van der Waals surface area contributed by atoms with E-state index in [2.05, 4.69) is 16.1 Å². The standard InChI is InChI=1S/C15H20N2O2/c1-5-10-19-15(18)13-11-12(16-4)8-9-14(13)17(6-2)7-3/h1,8-9,11,16H,6-7,10H2,2-4H3. The van der Waals surface area contributed by atoms with Crippen LogP contribution in [-0.4, -0.2) is 32.7 Å². The predicted molar refractivity (Wildman–Crippen MR) is 78.7 cm³/mol. The number of nitrogens with zero attached hydrogens (tertiary/aromatic N) is 1. The Hall–Kier alpha value is -2.15. The van der Waals surface area contributed by atoms with Crippen molar-refractivity contribution in [3.8, 4) is 12.3 Å². The number of ether oxygens (including phenoxy) is 1. The van der Waals surface area contributed by atoms with E-state index in [4.69, 9.17) is 11.2 Å². The molecule has 0 atom stereocenters. The van der Waals surface area contributed by atoms with E-state index in [0.717, 1.165) is 24.5 Å². The van der Waals surface area contributed by atoms with Crippen LogP contribution in [0.4, 0.5) is 11.4 Å². The number of benzene rings is 1. The van der Waals surface area contributed by atoms with Gasteiger partial charge in [0.1, 0.15) is 0 Å². The van der Waals surface area contributed by atoms with Gasteiger partial charge in [0.2, 0.25) is 0 Å². The summed E-state index contributed by atoms with van der Waals surface area (Å²) < 4.78 is 5.03. The minimum absolute atomic E-state index is 0.0136. The molecule has 19 heavy (non-hydrogen) atoms. The summed E-state index contributed by atoms with van der Waals surface area (Å²) >= 11 is 0. The number of carbonyl (C=O) groups is 1. The smallest absolute Gasteiger partial charge is 0.341 e. The highest BCUT2D eigenvalue weighted by Gasteiger charge is 2.16. The van der Waals surface area contributed by atoms with Crippen LogP contribution in [0.15, 0.2) is 18.2 Å². The summed E-state index contributed by atoms with van der Waals surface area (Å²) in [5.74, 6) is 1.91. The maximum atomic E-state index is 12.1. The lowest BCUT2D eigenvalue weighted by Crippen LogP contribution is -2.24. The van der Waals surface area contributed by atoms with Crippen molar-refractivity contribution in [1.82, 2.24) is 0 Å². The maximum Gasteiger partial charge on any atom is 0.341 e. The number of carbonyl (C=O) groups excluding carboxylic acids is 1. The quantitative estimate of drug-likeness (QED) is 0.630. The molecule has 102 valence electrons. The van der Waals surface area contributed by atoms with Crippen LogP contribution in [0.2, 0.25) is 0 Å². The van der Waals surface area contributed by atoms with Gasteiger partial charge in [-0.3, -0.25) is 0 Å². The van der Waals surface area contributed by atoms with Gasteiger partial charge in [-0.1, -0.05) is 5.92 Å². The van der Waals surface area contributed by atoms with Gasteiger partial charge < -0.3 is 15.0 Å². The normalized spacial score (nSPS) is 9.58. The third-order valence-electron chi connectivity index (χ3n) is 2.90. The molecule has 4 heteroatoms. The van der Waals surface area contributed by atoms with E-state index >= 15 is 0 Å². The number of rotatable bonds is 6. The zero-order valence-corrected chi connectivity index (χ0v) is 11.7. The van der Waals surface area contributed by atoms with Crippen molar-refractivity contribution < 1.29 is 9.53 Å². The Labute approximate surface area is 114 Å². The summed E-state index contributed by atoms with van der Waals surface area (Å²) in [6, 6.07) is 5.64. The van der Waals surface area contributed by atoms with E-state index in [1.807, 2.05) is 33.0 Å². The molecule has 1 aromatic carbocycles. The Kier molecular flexibility index (Phi) is 5.74. The van der Waals surface area contributed by atoms with E-state index in [-0.39, 0.29) is 6.61 Å². The molecule has 0 bridgehead atoms. The van der Waals surface area contributed by atoms with Crippen molar-refractivity contribution in [1.29, 1.82) is 0 Å². The van der Waals surface area contributed by atoms with Crippen molar-refractivity contribution in [2.45, 2.75) is 13.8 Å². The molecule has 0 radical (unpaired) electrons. The van der Waals surface area contributed by atoms with E-state index < -0.39 is 5.97 Å². The second-order valence-corrected chi connectivity index (χ2v) is 3.93. The van der Waals surface area contributed by atoms with Gasteiger partial charge in [-0.05, 0) is 32.0 Å². The highest BCUT2D eigenvalue weighted by Crippen LogP contribution is 2.25. The summed E-state index contributed by atoms with van der Waals surface area (Å²) in [7, 11) is 1.81. The van der Waals surface area contributed by atoms with Crippen LogP contribution in [0, 0.1) is 12.3 Å². The second-order valence-electron chi connectivity index (χ2n) is 3.93. The number of terminal acetylenes is 1. The third kappa shape index (κ3) is 3.65. The number of hydrogen-bond donors (Lipinski definition) is 1. The molecule has 1 rings (SSSR count). The first-order chi connectivity index (χ1) is 9.17. The molecule has 0 fully saturated rings. The highest BCUT2D eigenvalue weighted by atomic mass is 16.5. The zero-order chi connectivity index (χ0) is 14.3. The molecule has 0 saturated carbocycles. The van der Waals surface area contributed by atoms with Crippen LogP contribution in [0.3, 0.4) is 0 Å². The molecule has 0 aliphatic heterocycles. The van der Waals surface area contributed by atoms with Gasteiger partial charge in [0.25, 0.3) is 0 Å². The molecule has 0 unspecified atom stereocenters. The average Bonchev–Trinajstić information content (AvgIpc) is 2.46. The predicted octanol–water partition coefficient (Wildman–Crippen LogP) is 2.36. The Morgan fingerprint density at radius 2 is 2.11 bits per heavy atom. The molecule has 0 amide bonds. The van der Waals surface area contributed by atoms with Gasteiger partial charge in [0, 0.05) is 25.8 Å². The maximum absolute atomic E-state index is 12.1. The fourth-order valence-corrected chi connectivity index (χ4v) is 1.88. The van der Waals surface area contributed by atoms with Crippen LogP contribution >= 0.6 is 0 Å². The van der Waals surface area contributed by atoms with Gasteiger partial charge in [0.15, 0.2) is 6.61 Å². The van der Waals surface area contributed by atoms with Gasteiger partial charge in [-0.2, -0.15) is 0 Å². The summed E-state index contributed by atoms with van der Waals surface area (Å²) in [5.41, 5.74) is 2.26. The molecule has 1 aromatic rings. The Balaban J connectivity index is 3.16. The molecule has 4 nitrogen and oxygen atoms in total. The van der Waals surface area contributed by atoms with Gasteiger partial charge in [-0.25, -0.2) is 4.79 Å². The molecule has 0 aliphatic carbocycles. The summed E-state index contributed by atoms with van der Waals surface area (Å²) in [5, 5.41) is 3.01. The first-order valence-corrected chi connectivity index (χ1v) is 6.35. The van der Waals surface area contributed by atoms with E-state index in [9.17, 15) is 4.79 Å². The van der Waals surface area contributed by atoms with E-state index in [1.54, 1.807) is 6.07 Å². The van der Waals surface area contributed by atoms with Crippen LogP contribution in [0.5, 0.6) is 0 Å². The first kappa shape index (κ1) is 14.9. The molecule has 0 aliphatic rings. The monoisotopic (exact) mass is 260 g/mol. The molecule has 0 heterocycles. The van der Waals surface area contributed by atoms with E-state index in [1.165, 1.54) is 0 Å². The summed E-state index contributed by atoms with van der Waals surface area (Å²) in [6.07, 6.45) is 5.11. The van der Waals surface area contributed by atoms with Crippen molar-refractivity contribution >= 4 is 17.3 Å². The van der Waals surface area contributed by atoms with Crippen LogP contribution < -0.4 is 10.2 Å². The van der Waals surface area contributed by atoms with E-state index in [0.29, 0.717) is 5.56 Å². The lowest BCUT2D eigenvalue weighted by molar-refractivity contribution is 0.0557. The van der Waals surface area contributed by atoms with Gasteiger partial charge in [0.05, 0.1) is 11.3 Å². The molecule has 0 aromatic heterocycles. The first-order valence-electron chi connectivity index (χ1n) is 6.35. The SMILES string of the molecule is C#CCOC(=O)c1cc(NC)ccc1N(CC)CC. The molecule has 1 N–H and O–H groups in total. The van der Waals surface area contributed by atoms with Crippen LogP contribution in [-0.2, 0) is 4.74 Å². The zero-order valence-electron chi connectivity index (χ0n) is 11.7. The molecular weight excluding hydrogens is 240 g/mol. The second kappa shape index (κ2) is 7.32. The highest BCUT2D eigenvalue weighted by molar-refractivity contribution is 5.97. The minimum Gasteiger partial charge on any atom is -0.449 e. The van der Waals surface area contributed by atoms with Crippen molar-refractivity contribution in [2.24, 2.45) is 0 Å². The average molecular weight is 260 g/mol. The molecule has 0 spiro atoms. The Bertz CT molecular complexity index is 474. The largest absolute Gasteiger partial charge is 0.449 e. The molecular formula is C15H20N2O2. The Morgan fingerprint density at radius 3 is 2.63 bits per heavy atom. The summed E-state index contributed by atoms with van der Waals surface area (Å²) in [6.45, 7) is 5.73. The number of esters is 1. The van der Waals surface area contributed by atoms with Crippen LogP contribution in [0.1, 0.15) is 24.2 Å². The molecule has 0 saturated heterocycles. The lowest BCUT2D eigenvalue weighted by atomic mass is 10.1. The fraction of sp³-hybridized carbons (Fsp3) is 0.400.